The van der Waals surface area contributed by atoms with Crippen molar-refractivity contribution < 1.29 is 17.9 Å². The van der Waals surface area contributed by atoms with E-state index in [2.05, 4.69) is 15.5 Å². The van der Waals surface area contributed by atoms with Gasteiger partial charge in [-0.15, -0.1) is 10.2 Å². The van der Waals surface area contributed by atoms with Crippen LogP contribution >= 0.6 is 22.9 Å². The Balaban J connectivity index is 1.56. The number of sulfonamides is 1. The molecule has 1 aromatic heterocycles. The van der Waals surface area contributed by atoms with Crippen molar-refractivity contribution in [2.24, 2.45) is 0 Å². The Labute approximate surface area is 182 Å². The van der Waals surface area contributed by atoms with Crippen molar-refractivity contribution >= 4 is 44.0 Å². The molecule has 0 saturated carbocycles. The normalized spacial score (nSPS) is 15.1. The molecule has 1 N–H and O–H groups in total. The molecule has 2 heterocycles. The zero-order chi connectivity index (χ0) is 21.1. The number of nitrogens with zero attached hydrogens (tertiary/aromatic N) is 3. The highest BCUT2D eigenvalue weighted by atomic mass is 35.5. The second-order valence-corrected chi connectivity index (χ2v) is 9.71. The minimum absolute atomic E-state index is 0.00110. The van der Waals surface area contributed by atoms with Crippen molar-refractivity contribution in [3.63, 3.8) is 0 Å². The fourth-order valence-electron chi connectivity index (χ4n) is 2.91. The predicted molar refractivity (Wildman–Crippen MR) is 114 cm³/mol. The maximum atomic E-state index is 12.9. The Kier molecular flexibility index (Phi) is 6.11. The van der Waals surface area contributed by atoms with Crippen molar-refractivity contribution in [1.82, 2.24) is 14.5 Å². The summed E-state index contributed by atoms with van der Waals surface area (Å²) in [6.45, 7) is 1.20. The largest absolute Gasteiger partial charge is 0.379 e. The maximum absolute atomic E-state index is 12.9. The molecule has 1 amide bonds. The number of nitrogens with one attached hydrogen (secondary N) is 1. The highest BCUT2D eigenvalue weighted by Gasteiger charge is 2.27. The van der Waals surface area contributed by atoms with Crippen molar-refractivity contribution in [3.8, 4) is 10.6 Å². The molecule has 0 aliphatic carbocycles. The van der Waals surface area contributed by atoms with E-state index in [1.165, 1.54) is 33.8 Å². The SMILES string of the molecule is O=C(Nc1nnc(-c2ccccc2)s1)c1cc(S(=O)(=O)N2CCOCC2)ccc1Cl. The summed E-state index contributed by atoms with van der Waals surface area (Å²) in [7, 11) is -3.75. The van der Waals surface area contributed by atoms with Gasteiger partial charge in [0.25, 0.3) is 5.91 Å². The lowest BCUT2D eigenvalue weighted by Crippen LogP contribution is -2.40. The van der Waals surface area contributed by atoms with E-state index >= 15 is 0 Å². The van der Waals surface area contributed by atoms with E-state index < -0.39 is 15.9 Å². The summed E-state index contributed by atoms with van der Waals surface area (Å²) in [5.74, 6) is -0.560. The molecule has 30 heavy (non-hydrogen) atoms. The van der Waals surface area contributed by atoms with Gasteiger partial charge in [-0.05, 0) is 18.2 Å². The number of halogens is 1. The summed E-state index contributed by atoms with van der Waals surface area (Å²) < 4.78 is 32.3. The number of anilines is 1. The number of morpholine rings is 1. The lowest BCUT2D eigenvalue weighted by Gasteiger charge is -2.26. The Hall–Kier alpha value is -2.37. The number of benzene rings is 2. The third-order valence-corrected chi connectivity index (χ3v) is 7.57. The molecule has 4 rings (SSSR count). The predicted octanol–water partition coefficient (Wildman–Crippen LogP) is 3.13. The molecular formula is C19H17ClN4O4S2. The van der Waals surface area contributed by atoms with Crippen molar-refractivity contribution in [2.45, 2.75) is 4.90 Å². The number of carbonyl (C=O) groups is 1. The van der Waals surface area contributed by atoms with Crippen LogP contribution in [0.4, 0.5) is 5.13 Å². The molecule has 1 fully saturated rings. The second-order valence-electron chi connectivity index (χ2n) is 6.39. The third-order valence-electron chi connectivity index (χ3n) is 4.46. The van der Waals surface area contributed by atoms with Gasteiger partial charge in [0, 0.05) is 18.7 Å². The number of aromatic nitrogens is 2. The molecular weight excluding hydrogens is 448 g/mol. The monoisotopic (exact) mass is 464 g/mol. The summed E-state index contributed by atoms with van der Waals surface area (Å²) in [4.78, 5) is 12.8. The first kappa shape index (κ1) is 20.9. The van der Waals surface area contributed by atoms with Crippen LogP contribution < -0.4 is 5.32 Å². The first-order valence-electron chi connectivity index (χ1n) is 9.03. The zero-order valence-electron chi connectivity index (χ0n) is 15.6. The number of hydrogen-bond donors (Lipinski definition) is 1. The van der Waals surface area contributed by atoms with Crippen LogP contribution in [0.25, 0.3) is 10.6 Å². The molecule has 1 aliphatic heterocycles. The lowest BCUT2D eigenvalue weighted by molar-refractivity contribution is 0.0730. The number of hydrogen-bond acceptors (Lipinski definition) is 7. The van der Waals surface area contributed by atoms with Crippen LogP contribution in [0.2, 0.25) is 5.02 Å². The molecule has 11 heteroatoms. The minimum atomic E-state index is -3.75. The summed E-state index contributed by atoms with van der Waals surface area (Å²) in [6.07, 6.45) is 0. The first-order chi connectivity index (χ1) is 14.4. The van der Waals surface area contributed by atoms with Gasteiger partial charge in [-0.3, -0.25) is 10.1 Å². The molecule has 0 spiro atoms. The summed E-state index contributed by atoms with van der Waals surface area (Å²) in [5.41, 5.74) is 0.926. The zero-order valence-corrected chi connectivity index (χ0v) is 18.0. The van der Waals surface area contributed by atoms with E-state index in [4.69, 9.17) is 16.3 Å². The molecule has 8 nitrogen and oxygen atoms in total. The van der Waals surface area contributed by atoms with Crippen molar-refractivity contribution in [1.29, 1.82) is 0 Å². The number of carbonyl (C=O) groups excluding carboxylic acids is 1. The van der Waals surface area contributed by atoms with Crippen LogP contribution in [0.15, 0.2) is 53.4 Å². The van der Waals surface area contributed by atoms with Crippen LogP contribution in [-0.4, -0.2) is 55.1 Å². The van der Waals surface area contributed by atoms with Crippen LogP contribution in [0.5, 0.6) is 0 Å². The van der Waals surface area contributed by atoms with Gasteiger partial charge in [-0.1, -0.05) is 53.3 Å². The molecule has 0 bridgehead atoms. The quantitative estimate of drug-likeness (QED) is 0.622. The maximum Gasteiger partial charge on any atom is 0.259 e. The van der Waals surface area contributed by atoms with Crippen LogP contribution in [-0.2, 0) is 14.8 Å². The number of amides is 1. The lowest BCUT2D eigenvalue weighted by atomic mass is 10.2. The highest BCUT2D eigenvalue weighted by Crippen LogP contribution is 2.28. The number of rotatable bonds is 5. The Morgan fingerprint density at radius 2 is 1.83 bits per heavy atom. The minimum Gasteiger partial charge on any atom is -0.379 e. The Morgan fingerprint density at radius 1 is 1.10 bits per heavy atom. The van der Waals surface area contributed by atoms with Gasteiger partial charge in [0.1, 0.15) is 5.01 Å². The number of ether oxygens (including phenoxy) is 1. The van der Waals surface area contributed by atoms with Crippen molar-refractivity contribution in [2.75, 3.05) is 31.6 Å². The molecule has 156 valence electrons. The summed E-state index contributed by atoms with van der Waals surface area (Å²) in [6, 6.07) is 13.5. The summed E-state index contributed by atoms with van der Waals surface area (Å²) in [5, 5.41) is 11.8. The summed E-state index contributed by atoms with van der Waals surface area (Å²) >= 11 is 7.38. The van der Waals surface area contributed by atoms with E-state index in [1.54, 1.807) is 0 Å². The van der Waals surface area contributed by atoms with E-state index in [9.17, 15) is 13.2 Å². The van der Waals surface area contributed by atoms with Gasteiger partial charge in [-0.2, -0.15) is 4.31 Å². The standard InChI is InChI=1S/C19H17ClN4O4S2/c20-16-7-6-14(30(26,27)24-8-10-28-11-9-24)12-15(16)17(25)21-19-23-22-18(29-19)13-4-2-1-3-5-13/h1-7,12H,8-11H2,(H,21,23,25). The molecule has 1 saturated heterocycles. The third kappa shape index (κ3) is 4.37. The van der Waals surface area contributed by atoms with Crippen LogP contribution in [0, 0.1) is 0 Å². The van der Waals surface area contributed by atoms with Crippen molar-refractivity contribution in [3.05, 3.63) is 59.1 Å². The molecule has 1 aliphatic rings. The van der Waals surface area contributed by atoms with E-state index in [-0.39, 0.29) is 33.7 Å². The fraction of sp³-hybridized carbons (Fsp3) is 0.211. The van der Waals surface area contributed by atoms with Gasteiger partial charge < -0.3 is 4.74 Å². The topological polar surface area (TPSA) is 101 Å². The van der Waals surface area contributed by atoms with Gasteiger partial charge in [-0.25, -0.2) is 8.42 Å². The van der Waals surface area contributed by atoms with E-state index in [1.807, 2.05) is 30.3 Å². The molecule has 0 radical (unpaired) electrons. The van der Waals surface area contributed by atoms with Gasteiger partial charge in [0.05, 0.1) is 28.7 Å². The molecule has 0 unspecified atom stereocenters. The van der Waals surface area contributed by atoms with Crippen LogP contribution in [0.1, 0.15) is 10.4 Å². The van der Waals surface area contributed by atoms with Gasteiger partial charge >= 0.3 is 0 Å². The van der Waals surface area contributed by atoms with E-state index in [0.717, 1.165) is 5.56 Å². The average molecular weight is 465 g/mol. The Morgan fingerprint density at radius 3 is 2.57 bits per heavy atom. The van der Waals surface area contributed by atoms with E-state index in [0.29, 0.717) is 18.2 Å². The molecule has 0 atom stereocenters. The highest BCUT2D eigenvalue weighted by molar-refractivity contribution is 7.89. The van der Waals surface area contributed by atoms with Gasteiger partial charge in [0.2, 0.25) is 15.2 Å². The molecule has 2 aromatic carbocycles. The first-order valence-corrected chi connectivity index (χ1v) is 11.7. The second kappa shape index (κ2) is 8.78. The smallest absolute Gasteiger partial charge is 0.259 e. The van der Waals surface area contributed by atoms with Gasteiger partial charge in [0.15, 0.2) is 0 Å². The Bertz CT molecular complexity index is 1160. The fourth-order valence-corrected chi connectivity index (χ4v) is 5.29. The average Bonchev–Trinajstić information content (AvgIpc) is 3.23. The molecule has 3 aromatic rings. The van der Waals surface area contributed by atoms with Crippen LogP contribution in [0.3, 0.4) is 0 Å².